The molecule has 70 valence electrons. The minimum atomic E-state index is -0.553. The summed E-state index contributed by atoms with van der Waals surface area (Å²) in [6.45, 7) is 0. The summed E-state index contributed by atoms with van der Waals surface area (Å²) in [4.78, 5) is 24.8. The van der Waals surface area contributed by atoms with Gasteiger partial charge in [-0.2, -0.15) is 0 Å². The number of nitro groups is 1. The Hall–Kier alpha value is -1.85. The van der Waals surface area contributed by atoms with Crippen LogP contribution >= 0.6 is 0 Å². The fraction of sp³-hybridized carbons (Fsp3) is 0.286. The molecule has 0 bridgehead atoms. The van der Waals surface area contributed by atoms with Crippen molar-refractivity contribution in [1.82, 2.24) is 9.88 Å². The monoisotopic (exact) mass is 183 g/mol. The number of aromatic nitrogens is 1. The molecular formula is C7H9N3O3. The number of aromatic amines is 1. The van der Waals surface area contributed by atoms with Crippen LogP contribution in [0.5, 0.6) is 0 Å². The number of carbonyl (C=O) groups is 1. The van der Waals surface area contributed by atoms with Crippen molar-refractivity contribution in [3.05, 3.63) is 28.1 Å². The number of carbonyl (C=O) groups excluding carboxylic acids is 1. The van der Waals surface area contributed by atoms with Gasteiger partial charge in [-0.1, -0.05) is 0 Å². The molecule has 6 nitrogen and oxygen atoms in total. The van der Waals surface area contributed by atoms with Gasteiger partial charge in [-0.3, -0.25) is 14.9 Å². The van der Waals surface area contributed by atoms with Crippen LogP contribution in [0, 0.1) is 10.1 Å². The predicted octanol–water partition coefficient (Wildman–Crippen LogP) is 0.625. The van der Waals surface area contributed by atoms with Crippen molar-refractivity contribution >= 4 is 11.6 Å². The molecule has 1 amide bonds. The van der Waals surface area contributed by atoms with Crippen molar-refractivity contribution in [2.75, 3.05) is 14.1 Å². The molecule has 0 saturated carbocycles. The molecule has 0 saturated heterocycles. The molecule has 0 aliphatic heterocycles. The first-order valence-corrected chi connectivity index (χ1v) is 3.57. The Kier molecular flexibility index (Phi) is 2.32. The van der Waals surface area contributed by atoms with Gasteiger partial charge in [-0.15, -0.1) is 0 Å². The summed E-state index contributed by atoms with van der Waals surface area (Å²) >= 11 is 0. The lowest BCUT2D eigenvalue weighted by atomic mass is 10.4. The van der Waals surface area contributed by atoms with Gasteiger partial charge in [0.2, 0.25) is 0 Å². The molecule has 0 aliphatic rings. The van der Waals surface area contributed by atoms with Crippen molar-refractivity contribution in [2.45, 2.75) is 0 Å². The average molecular weight is 183 g/mol. The third-order valence-corrected chi connectivity index (χ3v) is 1.52. The Morgan fingerprint density at radius 3 is 2.62 bits per heavy atom. The lowest BCUT2D eigenvalue weighted by Gasteiger charge is -2.06. The van der Waals surface area contributed by atoms with Crippen LogP contribution in [0.4, 0.5) is 5.69 Å². The second-order valence-electron chi connectivity index (χ2n) is 2.73. The summed E-state index contributed by atoms with van der Waals surface area (Å²) in [6.07, 6.45) is 1.19. The lowest BCUT2D eigenvalue weighted by molar-refractivity contribution is -0.384. The molecule has 6 heteroatoms. The van der Waals surface area contributed by atoms with Gasteiger partial charge >= 0.3 is 0 Å². The van der Waals surface area contributed by atoms with E-state index < -0.39 is 4.92 Å². The van der Waals surface area contributed by atoms with Crippen LogP contribution in [0.25, 0.3) is 0 Å². The Balaban J connectivity index is 2.92. The molecule has 1 heterocycles. The molecule has 13 heavy (non-hydrogen) atoms. The zero-order valence-electron chi connectivity index (χ0n) is 7.27. The number of nitrogens with one attached hydrogen (secondary N) is 1. The minimum Gasteiger partial charge on any atom is -0.351 e. The van der Waals surface area contributed by atoms with Crippen molar-refractivity contribution in [3.63, 3.8) is 0 Å². The second-order valence-corrected chi connectivity index (χ2v) is 2.73. The van der Waals surface area contributed by atoms with E-state index >= 15 is 0 Å². The topological polar surface area (TPSA) is 79.2 Å². The number of amides is 1. The minimum absolute atomic E-state index is 0.106. The van der Waals surface area contributed by atoms with Gasteiger partial charge in [0.05, 0.1) is 11.1 Å². The summed E-state index contributed by atoms with van der Waals surface area (Å²) in [5.74, 6) is -0.284. The van der Waals surface area contributed by atoms with E-state index in [2.05, 4.69) is 4.98 Å². The maximum Gasteiger partial charge on any atom is 0.287 e. The Bertz CT molecular complexity index is 343. The highest BCUT2D eigenvalue weighted by atomic mass is 16.6. The van der Waals surface area contributed by atoms with E-state index in [9.17, 15) is 14.9 Å². The number of nitrogens with zero attached hydrogens (tertiary/aromatic N) is 2. The smallest absolute Gasteiger partial charge is 0.287 e. The van der Waals surface area contributed by atoms with E-state index in [1.54, 1.807) is 14.1 Å². The zero-order chi connectivity index (χ0) is 10.0. The SMILES string of the molecule is CN(C)C(=O)c1cc([N+](=O)[O-])c[nH]1. The van der Waals surface area contributed by atoms with Crippen LogP contribution in [-0.2, 0) is 0 Å². The second kappa shape index (κ2) is 3.26. The number of hydrogen-bond donors (Lipinski definition) is 1. The fourth-order valence-electron chi connectivity index (χ4n) is 0.853. The van der Waals surface area contributed by atoms with E-state index in [-0.39, 0.29) is 17.3 Å². The number of H-pyrrole nitrogens is 1. The molecule has 0 aromatic carbocycles. The molecule has 0 aliphatic carbocycles. The maximum absolute atomic E-state index is 11.3. The first kappa shape index (κ1) is 9.24. The Labute approximate surface area is 74.3 Å². The third-order valence-electron chi connectivity index (χ3n) is 1.52. The summed E-state index contributed by atoms with van der Waals surface area (Å²) in [5.41, 5.74) is 0.113. The standard InChI is InChI=1S/C7H9N3O3/c1-9(2)7(11)6-3-5(4-8-6)10(12)13/h3-4,8H,1-2H3. The summed E-state index contributed by atoms with van der Waals surface area (Å²) < 4.78 is 0. The highest BCUT2D eigenvalue weighted by Crippen LogP contribution is 2.12. The third kappa shape index (κ3) is 1.84. The van der Waals surface area contributed by atoms with E-state index in [4.69, 9.17) is 0 Å². The number of rotatable bonds is 2. The Morgan fingerprint density at radius 1 is 1.62 bits per heavy atom. The van der Waals surface area contributed by atoms with E-state index in [0.717, 1.165) is 0 Å². The molecule has 0 unspecified atom stereocenters. The van der Waals surface area contributed by atoms with Crippen molar-refractivity contribution in [3.8, 4) is 0 Å². The van der Waals surface area contributed by atoms with Gasteiger partial charge < -0.3 is 9.88 Å². The largest absolute Gasteiger partial charge is 0.351 e. The highest BCUT2D eigenvalue weighted by Gasteiger charge is 2.15. The van der Waals surface area contributed by atoms with Crippen LogP contribution in [0.15, 0.2) is 12.3 Å². The molecular weight excluding hydrogens is 174 g/mol. The molecule has 1 aromatic rings. The first-order chi connectivity index (χ1) is 6.02. The van der Waals surface area contributed by atoms with Gasteiger partial charge in [0.25, 0.3) is 11.6 Å². The number of hydrogen-bond acceptors (Lipinski definition) is 3. The van der Waals surface area contributed by atoms with E-state index in [1.165, 1.54) is 17.2 Å². The van der Waals surface area contributed by atoms with Gasteiger partial charge in [-0.05, 0) is 0 Å². The lowest BCUT2D eigenvalue weighted by Crippen LogP contribution is -2.21. The molecule has 1 N–H and O–H groups in total. The van der Waals surface area contributed by atoms with Crippen LogP contribution in [0.2, 0.25) is 0 Å². The first-order valence-electron chi connectivity index (χ1n) is 3.57. The van der Waals surface area contributed by atoms with E-state index in [0.29, 0.717) is 0 Å². The Morgan fingerprint density at radius 2 is 2.23 bits per heavy atom. The van der Waals surface area contributed by atoms with Gasteiger partial charge in [0.1, 0.15) is 5.69 Å². The quantitative estimate of drug-likeness (QED) is 0.539. The molecule has 0 atom stereocenters. The van der Waals surface area contributed by atoms with Crippen molar-refractivity contribution < 1.29 is 9.72 Å². The predicted molar refractivity (Wildman–Crippen MR) is 45.5 cm³/mol. The molecule has 0 spiro atoms. The molecule has 0 radical (unpaired) electrons. The summed E-state index contributed by atoms with van der Waals surface area (Å²) in [5, 5.41) is 10.3. The van der Waals surface area contributed by atoms with Crippen LogP contribution in [0.1, 0.15) is 10.5 Å². The molecule has 1 aromatic heterocycles. The summed E-state index contributed by atoms with van der Waals surface area (Å²) in [6, 6.07) is 1.21. The van der Waals surface area contributed by atoms with Crippen LogP contribution < -0.4 is 0 Å². The zero-order valence-corrected chi connectivity index (χ0v) is 7.27. The van der Waals surface area contributed by atoms with Crippen molar-refractivity contribution in [1.29, 1.82) is 0 Å². The van der Waals surface area contributed by atoms with Crippen molar-refractivity contribution in [2.24, 2.45) is 0 Å². The molecule has 1 rings (SSSR count). The highest BCUT2D eigenvalue weighted by molar-refractivity contribution is 5.92. The summed E-state index contributed by atoms with van der Waals surface area (Å²) in [7, 11) is 3.16. The molecule has 0 fully saturated rings. The van der Waals surface area contributed by atoms with Crippen LogP contribution in [-0.4, -0.2) is 34.8 Å². The van der Waals surface area contributed by atoms with Crippen LogP contribution in [0.3, 0.4) is 0 Å². The van der Waals surface area contributed by atoms with Gasteiger partial charge in [0, 0.05) is 20.2 Å². The van der Waals surface area contributed by atoms with Gasteiger partial charge in [0.15, 0.2) is 0 Å². The maximum atomic E-state index is 11.3. The fourth-order valence-corrected chi connectivity index (χ4v) is 0.853. The average Bonchev–Trinajstić information content (AvgIpc) is 2.50. The van der Waals surface area contributed by atoms with Gasteiger partial charge in [-0.25, -0.2) is 0 Å². The van der Waals surface area contributed by atoms with E-state index in [1.807, 2.05) is 0 Å². The normalized spacial score (nSPS) is 9.69.